The van der Waals surface area contributed by atoms with Gasteiger partial charge < -0.3 is 4.74 Å². The maximum Gasteiger partial charge on any atom is 0.316 e. The van der Waals surface area contributed by atoms with E-state index in [1.165, 1.54) is 7.11 Å². The van der Waals surface area contributed by atoms with Gasteiger partial charge in [0.15, 0.2) is 0 Å². The highest BCUT2D eigenvalue weighted by atomic mass is 16.5. The molecule has 0 saturated heterocycles. The molecule has 1 aliphatic carbocycles. The number of methoxy groups -OCH3 is 1. The number of ether oxygens (including phenoxy) is 1. The standard InChI is InChI=1S/C11H18O3/c1-7(2)8-4-5-10(12)9(6-8)11(13)14-3/h7-9H,4-6H2,1-3H3/t8-,9+/m1/s1. The van der Waals surface area contributed by atoms with Gasteiger partial charge >= 0.3 is 5.97 Å². The Bertz CT molecular complexity index is 225. The van der Waals surface area contributed by atoms with E-state index in [0.717, 1.165) is 6.42 Å². The van der Waals surface area contributed by atoms with Crippen LogP contribution >= 0.6 is 0 Å². The normalized spacial score (nSPS) is 27.9. The predicted octanol–water partition coefficient (Wildman–Crippen LogP) is 1.80. The van der Waals surface area contributed by atoms with Gasteiger partial charge in [-0.05, 0) is 24.7 Å². The van der Waals surface area contributed by atoms with E-state index in [1.54, 1.807) is 0 Å². The van der Waals surface area contributed by atoms with Crippen LogP contribution in [0.1, 0.15) is 33.1 Å². The van der Waals surface area contributed by atoms with E-state index in [-0.39, 0.29) is 11.8 Å². The van der Waals surface area contributed by atoms with Crippen molar-refractivity contribution in [2.24, 2.45) is 17.8 Å². The molecular weight excluding hydrogens is 180 g/mol. The van der Waals surface area contributed by atoms with Crippen LogP contribution in [0, 0.1) is 17.8 Å². The van der Waals surface area contributed by atoms with E-state index < -0.39 is 5.92 Å². The molecular formula is C11H18O3. The number of esters is 1. The second-order valence-corrected chi connectivity index (χ2v) is 4.32. The van der Waals surface area contributed by atoms with Crippen molar-refractivity contribution in [3.05, 3.63) is 0 Å². The number of carbonyl (C=O) groups excluding carboxylic acids is 2. The molecule has 3 nitrogen and oxygen atoms in total. The SMILES string of the molecule is COC(=O)[C@H]1C[C@H](C(C)C)CCC1=O. The maximum atomic E-state index is 11.5. The molecule has 0 amide bonds. The summed E-state index contributed by atoms with van der Waals surface area (Å²) in [6.07, 6.45) is 2.12. The monoisotopic (exact) mass is 198 g/mol. The lowest BCUT2D eigenvalue weighted by molar-refractivity contribution is -0.151. The molecule has 2 atom stereocenters. The number of hydrogen-bond donors (Lipinski definition) is 0. The molecule has 0 N–H and O–H groups in total. The fourth-order valence-electron chi connectivity index (χ4n) is 2.03. The van der Waals surface area contributed by atoms with Crippen LogP contribution in [-0.4, -0.2) is 18.9 Å². The zero-order chi connectivity index (χ0) is 10.7. The highest BCUT2D eigenvalue weighted by Gasteiger charge is 2.35. The van der Waals surface area contributed by atoms with Gasteiger partial charge in [0.25, 0.3) is 0 Å². The molecule has 1 aliphatic rings. The first kappa shape index (κ1) is 11.2. The highest BCUT2D eigenvalue weighted by molar-refractivity contribution is 5.99. The first-order valence-electron chi connectivity index (χ1n) is 5.16. The average Bonchev–Trinajstić information content (AvgIpc) is 2.17. The molecule has 14 heavy (non-hydrogen) atoms. The van der Waals surface area contributed by atoms with Gasteiger partial charge in [0.05, 0.1) is 7.11 Å². The lowest BCUT2D eigenvalue weighted by Crippen LogP contribution is -2.33. The fourth-order valence-corrected chi connectivity index (χ4v) is 2.03. The van der Waals surface area contributed by atoms with Crippen LogP contribution in [0.4, 0.5) is 0 Å². The summed E-state index contributed by atoms with van der Waals surface area (Å²) in [4.78, 5) is 22.8. The molecule has 0 spiro atoms. The molecule has 1 fully saturated rings. The van der Waals surface area contributed by atoms with E-state index >= 15 is 0 Å². The molecule has 1 saturated carbocycles. The molecule has 0 aliphatic heterocycles. The fraction of sp³-hybridized carbons (Fsp3) is 0.818. The summed E-state index contributed by atoms with van der Waals surface area (Å²) in [5.74, 6) is 0.210. The topological polar surface area (TPSA) is 43.4 Å². The minimum absolute atomic E-state index is 0.0498. The largest absolute Gasteiger partial charge is 0.468 e. The van der Waals surface area contributed by atoms with Gasteiger partial charge in [-0.3, -0.25) is 9.59 Å². The summed E-state index contributed by atoms with van der Waals surface area (Å²) in [6.45, 7) is 4.27. The molecule has 80 valence electrons. The van der Waals surface area contributed by atoms with Gasteiger partial charge in [-0.1, -0.05) is 13.8 Å². The van der Waals surface area contributed by atoms with Crippen LogP contribution in [-0.2, 0) is 14.3 Å². The smallest absolute Gasteiger partial charge is 0.316 e. The molecule has 0 bridgehead atoms. The Hall–Kier alpha value is -0.860. The molecule has 1 rings (SSSR count). The summed E-state index contributed by atoms with van der Waals surface area (Å²) in [7, 11) is 1.34. The van der Waals surface area contributed by atoms with E-state index in [4.69, 9.17) is 0 Å². The zero-order valence-corrected chi connectivity index (χ0v) is 9.08. The Balaban J connectivity index is 2.64. The Morgan fingerprint density at radius 1 is 1.50 bits per heavy atom. The summed E-state index contributed by atoms with van der Waals surface area (Å²) >= 11 is 0. The van der Waals surface area contributed by atoms with Crippen LogP contribution in [0.5, 0.6) is 0 Å². The van der Waals surface area contributed by atoms with Crippen molar-refractivity contribution in [3.63, 3.8) is 0 Å². The lowest BCUT2D eigenvalue weighted by Gasteiger charge is -2.28. The van der Waals surface area contributed by atoms with Gasteiger partial charge in [-0.15, -0.1) is 0 Å². The van der Waals surface area contributed by atoms with Crippen LogP contribution in [0.25, 0.3) is 0 Å². The van der Waals surface area contributed by atoms with Crippen molar-refractivity contribution >= 4 is 11.8 Å². The molecule has 0 radical (unpaired) electrons. The van der Waals surface area contributed by atoms with Crippen molar-refractivity contribution in [1.29, 1.82) is 0 Å². The Kier molecular flexibility index (Phi) is 3.67. The average molecular weight is 198 g/mol. The third-order valence-corrected chi connectivity index (χ3v) is 3.12. The Morgan fingerprint density at radius 2 is 2.14 bits per heavy atom. The van der Waals surface area contributed by atoms with Gasteiger partial charge in [0.1, 0.15) is 11.7 Å². The summed E-state index contributed by atoms with van der Waals surface area (Å²) < 4.78 is 4.63. The van der Waals surface area contributed by atoms with Crippen molar-refractivity contribution in [1.82, 2.24) is 0 Å². The molecule has 0 aromatic heterocycles. The van der Waals surface area contributed by atoms with Crippen molar-refractivity contribution in [2.45, 2.75) is 33.1 Å². The molecule has 0 aromatic carbocycles. The quantitative estimate of drug-likeness (QED) is 0.502. The third-order valence-electron chi connectivity index (χ3n) is 3.12. The molecule has 0 unspecified atom stereocenters. The molecule has 3 heteroatoms. The van der Waals surface area contributed by atoms with Crippen molar-refractivity contribution in [2.75, 3.05) is 7.11 Å². The van der Waals surface area contributed by atoms with E-state index in [9.17, 15) is 9.59 Å². The zero-order valence-electron chi connectivity index (χ0n) is 9.08. The van der Waals surface area contributed by atoms with Crippen LogP contribution in [0.15, 0.2) is 0 Å². The summed E-state index contributed by atoms with van der Waals surface area (Å²) in [5.41, 5.74) is 0. The first-order valence-corrected chi connectivity index (χ1v) is 5.16. The van der Waals surface area contributed by atoms with Crippen LogP contribution in [0.3, 0.4) is 0 Å². The molecule has 0 heterocycles. The Labute approximate surface area is 84.8 Å². The molecule has 0 aromatic rings. The number of hydrogen-bond acceptors (Lipinski definition) is 3. The van der Waals surface area contributed by atoms with Crippen LogP contribution < -0.4 is 0 Å². The second kappa shape index (κ2) is 4.58. The maximum absolute atomic E-state index is 11.5. The summed E-state index contributed by atoms with van der Waals surface area (Å²) in [6, 6.07) is 0. The highest BCUT2D eigenvalue weighted by Crippen LogP contribution is 2.32. The first-order chi connectivity index (χ1) is 6.56. The minimum atomic E-state index is -0.499. The second-order valence-electron chi connectivity index (χ2n) is 4.32. The number of rotatable bonds is 2. The van der Waals surface area contributed by atoms with Crippen LogP contribution in [0.2, 0.25) is 0 Å². The van der Waals surface area contributed by atoms with E-state index in [0.29, 0.717) is 24.7 Å². The van der Waals surface area contributed by atoms with E-state index in [1.807, 2.05) is 0 Å². The van der Waals surface area contributed by atoms with Crippen molar-refractivity contribution in [3.8, 4) is 0 Å². The van der Waals surface area contributed by atoms with Crippen molar-refractivity contribution < 1.29 is 14.3 Å². The summed E-state index contributed by atoms with van der Waals surface area (Å²) in [5, 5.41) is 0. The predicted molar refractivity (Wildman–Crippen MR) is 52.7 cm³/mol. The number of carbonyl (C=O) groups is 2. The van der Waals surface area contributed by atoms with Gasteiger partial charge in [0.2, 0.25) is 0 Å². The third kappa shape index (κ3) is 2.34. The van der Waals surface area contributed by atoms with Gasteiger partial charge in [0, 0.05) is 6.42 Å². The van der Waals surface area contributed by atoms with E-state index in [2.05, 4.69) is 18.6 Å². The number of Topliss-reactive ketones (excluding diaryl/α,β-unsaturated/α-hetero) is 1. The number of ketones is 1. The minimum Gasteiger partial charge on any atom is -0.468 e. The van der Waals surface area contributed by atoms with Gasteiger partial charge in [-0.25, -0.2) is 0 Å². The Morgan fingerprint density at radius 3 is 2.64 bits per heavy atom. The lowest BCUT2D eigenvalue weighted by atomic mass is 9.75. The van der Waals surface area contributed by atoms with Gasteiger partial charge in [-0.2, -0.15) is 0 Å².